The first kappa shape index (κ1) is 11.1. The summed E-state index contributed by atoms with van der Waals surface area (Å²) in [7, 11) is 1.54. The molecule has 0 aliphatic heterocycles. The minimum atomic E-state index is -0.482. The summed E-state index contributed by atoms with van der Waals surface area (Å²) in [6, 6.07) is 5.47. The summed E-state index contributed by atoms with van der Waals surface area (Å²) >= 11 is 5.40. The van der Waals surface area contributed by atoms with Gasteiger partial charge in [-0.3, -0.25) is 4.79 Å². The maximum atomic E-state index is 11.0. The van der Waals surface area contributed by atoms with Gasteiger partial charge in [0, 0.05) is 0 Å². The molecule has 0 unspecified atom stereocenters. The highest BCUT2D eigenvalue weighted by molar-refractivity contribution is 6.68. The maximum Gasteiger partial charge on any atom is 0.256 e. The smallest absolute Gasteiger partial charge is 0.256 e. The molecular formula is C11H13ClO2. The van der Waals surface area contributed by atoms with E-state index in [0.29, 0.717) is 11.3 Å². The van der Waals surface area contributed by atoms with Crippen LogP contribution in [0.4, 0.5) is 0 Å². The SMILES string of the molecule is CCCc1ccc(C(=O)Cl)c(OC)c1. The first-order chi connectivity index (χ1) is 6.69. The van der Waals surface area contributed by atoms with Crippen LogP contribution in [0.15, 0.2) is 18.2 Å². The van der Waals surface area contributed by atoms with Crippen LogP contribution >= 0.6 is 11.6 Å². The van der Waals surface area contributed by atoms with E-state index in [9.17, 15) is 4.79 Å². The van der Waals surface area contributed by atoms with E-state index in [2.05, 4.69) is 6.92 Å². The number of hydrogen-bond donors (Lipinski definition) is 0. The lowest BCUT2D eigenvalue weighted by Gasteiger charge is -2.06. The zero-order valence-electron chi connectivity index (χ0n) is 8.34. The molecule has 0 saturated carbocycles. The summed E-state index contributed by atoms with van der Waals surface area (Å²) < 4.78 is 5.09. The van der Waals surface area contributed by atoms with Crippen LogP contribution in [0.25, 0.3) is 0 Å². The van der Waals surface area contributed by atoms with Crippen LogP contribution < -0.4 is 4.74 Å². The number of rotatable bonds is 4. The Kier molecular flexibility index (Phi) is 3.96. The first-order valence-electron chi connectivity index (χ1n) is 4.55. The van der Waals surface area contributed by atoms with Crippen LogP contribution in [0, 0.1) is 0 Å². The fourth-order valence-corrected chi connectivity index (χ4v) is 1.50. The van der Waals surface area contributed by atoms with Gasteiger partial charge in [-0.2, -0.15) is 0 Å². The molecule has 0 aliphatic carbocycles. The van der Waals surface area contributed by atoms with Gasteiger partial charge in [0.2, 0.25) is 0 Å². The van der Waals surface area contributed by atoms with Crippen molar-refractivity contribution in [3.8, 4) is 5.75 Å². The number of aryl methyl sites for hydroxylation is 1. The van der Waals surface area contributed by atoms with Crippen molar-refractivity contribution in [2.45, 2.75) is 19.8 Å². The lowest BCUT2D eigenvalue weighted by atomic mass is 10.1. The molecule has 0 spiro atoms. The Bertz CT molecular complexity index is 334. The third kappa shape index (κ3) is 2.48. The zero-order valence-corrected chi connectivity index (χ0v) is 9.10. The molecule has 0 aromatic heterocycles. The lowest BCUT2D eigenvalue weighted by Crippen LogP contribution is -1.96. The predicted molar refractivity (Wildman–Crippen MR) is 57.2 cm³/mol. The highest BCUT2D eigenvalue weighted by Crippen LogP contribution is 2.22. The quantitative estimate of drug-likeness (QED) is 0.718. The van der Waals surface area contributed by atoms with Crippen molar-refractivity contribution in [2.75, 3.05) is 7.11 Å². The van der Waals surface area contributed by atoms with Crippen molar-refractivity contribution < 1.29 is 9.53 Å². The molecule has 76 valence electrons. The van der Waals surface area contributed by atoms with E-state index in [1.54, 1.807) is 6.07 Å². The molecule has 0 radical (unpaired) electrons. The fraction of sp³-hybridized carbons (Fsp3) is 0.364. The molecule has 0 aliphatic rings. The second kappa shape index (κ2) is 5.01. The number of carbonyl (C=O) groups is 1. The van der Waals surface area contributed by atoms with Gasteiger partial charge in [-0.15, -0.1) is 0 Å². The van der Waals surface area contributed by atoms with Crippen molar-refractivity contribution in [1.29, 1.82) is 0 Å². The molecule has 14 heavy (non-hydrogen) atoms. The highest BCUT2D eigenvalue weighted by atomic mass is 35.5. The van der Waals surface area contributed by atoms with E-state index >= 15 is 0 Å². The Morgan fingerprint density at radius 2 is 2.21 bits per heavy atom. The normalized spacial score (nSPS) is 9.93. The van der Waals surface area contributed by atoms with Crippen LogP contribution in [0.1, 0.15) is 29.3 Å². The summed E-state index contributed by atoms with van der Waals surface area (Å²) in [5.74, 6) is 0.552. The monoisotopic (exact) mass is 212 g/mol. The first-order valence-corrected chi connectivity index (χ1v) is 4.93. The number of ether oxygens (including phenoxy) is 1. The average Bonchev–Trinajstić information content (AvgIpc) is 2.17. The molecule has 0 amide bonds. The van der Waals surface area contributed by atoms with Crippen LogP contribution in [-0.4, -0.2) is 12.4 Å². The van der Waals surface area contributed by atoms with Gasteiger partial charge in [0.25, 0.3) is 5.24 Å². The van der Waals surface area contributed by atoms with Crippen LogP contribution in [0.2, 0.25) is 0 Å². The van der Waals surface area contributed by atoms with Crippen molar-refractivity contribution >= 4 is 16.8 Å². The number of hydrogen-bond acceptors (Lipinski definition) is 2. The Morgan fingerprint density at radius 1 is 1.50 bits per heavy atom. The van der Waals surface area contributed by atoms with Gasteiger partial charge in [-0.05, 0) is 35.7 Å². The lowest BCUT2D eigenvalue weighted by molar-refractivity contribution is 0.107. The van der Waals surface area contributed by atoms with E-state index < -0.39 is 5.24 Å². The topological polar surface area (TPSA) is 26.3 Å². The molecule has 1 rings (SSSR count). The van der Waals surface area contributed by atoms with E-state index in [1.165, 1.54) is 7.11 Å². The fourth-order valence-electron chi connectivity index (χ4n) is 1.34. The van der Waals surface area contributed by atoms with Crippen molar-refractivity contribution in [3.05, 3.63) is 29.3 Å². The van der Waals surface area contributed by atoms with Crippen LogP contribution in [0.3, 0.4) is 0 Å². The Hall–Kier alpha value is -1.02. The number of carbonyl (C=O) groups excluding carboxylic acids is 1. The third-order valence-electron chi connectivity index (χ3n) is 2.02. The van der Waals surface area contributed by atoms with Crippen LogP contribution in [0.5, 0.6) is 5.75 Å². The molecule has 1 aromatic carbocycles. The largest absolute Gasteiger partial charge is 0.496 e. The second-order valence-corrected chi connectivity index (χ2v) is 3.40. The molecule has 3 heteroatoms. The zero-order chi connectivity index (χ0) is 10.6. The molecule has 0 atom stereocenters. The summed E-state index contributed by atoms with van der Waals surface area (Å²) in [6.07, 6.45) is 2.05. The average molecular weight is 213 g/mol. The second-order valence-electron chi connectivity index (χ2n) is 3.06. The van der Waals surface area contributed by atoms with Crippen molar-refractivity contribution in [3.63, 3.8) is 0 Å². The summed E-state index contributed by atoms with van der Waals surface area (Å²) in [5.41, 5.74) is 1.58. The highest BCUT2D eigenvalue weighted by Gasteiger charge is 2.09. The van der Waals surface area contributed by atoms with E-state index in [0.717, 1.165) is 18.4 Å². The van der Waals surface area contributed by atoms with Crippen LogP contribution in [-0.2, 0) is 6.42 Å². The van der Waals surface area contributed by atoms with Gasteiger partial charge in [0.15, 0.2) is 0 Å². The molecule has 0 saturated heterocycles. The summed E-state index contributed by atoms with van der Waals surface area (Å²) in [5, 5.41) is -0.482. The van der Waals surface area contributed by atoms with Gasteiger partial charge < -0.3 is 4.74 Å². The molecule has 0 fully saturated rings. The van der Waals surface area contributed by atoms with Gasteiger partial charge in [0.05, 0.1) is 12.7 Å². The molecule has 0 N–H and O–H groups in total. The number of benzene rings is 1. The predicted octanol–water partition coefficient (Wildman–Crippen LogP) is 3.03. The van der Waals surface area contributed by atoms with E-state index in [-0.39, 0.29) is 0 Å². The maximum absolute atomic E-state index is 11.0. The molecule has 2 nitrogen and oxygen atoms in total. The van der Waals surface area contributed by atoms with E-state index in [1.807, 2.05) is 12.1 Å². The standard InChI is InChI=1S/C11H13ClO2/c1-3-4-8-5-6-9(11(12)13)10(7-8)14-2/h5-7H,3-4H2,1-2H3. The van der Waals surface area contributed by atoms with Gasteiger partial charge in [-0.1, -0.05) is 19.4 Å². The van der Waals surface area contributed by atoms with Crippen molar-refractivity contribution in [2.24, 2.45) is 0 Å². The van der Waals surface area contributed by atoms with Gasteiger partial charge in [-0.25, -0.2) is 0 Å². The summed E-state index contributed by atoms with van der Waals surface area (Å²) in [4.78, 5) is 11.0. The Balaban J connectivity index is 3.05. The summed E-state index contributed by atoms with van der Waals surface area (Å²) in [6.45, 7) is 2.10. The molecule has 0 heterocycles. The Labute approximate surface area is 88.8 Å². The Morgan fingerprint density at radius 3 is 2.71 bits per heavy atom. The molecule has 1 aromatic rings. The molecular weight excluding hydrogens is 200 g/mol. The minimum absolute atomic E-state index is 0.425. The number of halogens is 1. The minimum Gasteiger partial charge on any atom is -0.496 e. The van der Waals surface area contributed by atoms with E-state index in [4.69, 9.17) is 16.3 Å². The third-order valence-corrected chi connectivity index (χ3v) is 2.22. The van der Waals surface area contributed by atoms with Crippen molar-refractivity contribution in [1.82, 2.24) is 0 Å². The number of methoxy groups -OCH3 is 1. The molecule has 0 bridgehead atoms. The van der Waals surface area contributed by atoms with Gasteiger partial charge in [0.1, 0.15) is 5.75 Å². The van der Waals surface area contributed by atoms with Gasteiger partial charge >= 0.3 is 0 Å².